The Balaban J connectivity index is 1.80. The normalized spacial score (nSPS) is 20.5. The van der Waals surface area contributed by atoms with Gasteiger partial charge in [-0.05, 0) is 68.5 Å². The van der Waals surface area contributed by atoms with Gasteiger partial charge in [-0.15, -0.1) is 0 Å². The Bertz CT molecular complexity index is 1030. The Morgan fingerprint density at radius 1 is 1.08 bits per heavy atom. The summed E-state index contributed by atoms with van der Waals surface area (Å²) in [5, 5.41) is 8.99. The minimum atomic E-state index is -0.681. The van der Waals surface area contributed by atoms with Gasteiger partial charge in [0.25, 0.3) is 0 Å². The van der Waals surface area contributed by atoms with Crippen LogP contribution in [0.5, 0.6) is 5.75 Å². The lowest BCUT2D eigenvalue weighted by molar-refractivity contribution is -0.131. The molecule has 0 aliphatic carbocycles. The molecule has 0 spiro atoms. The van der Waals surface area contributed by atoms with Gasteiger partial charge in [0, 0.05) is 20.0 Å². The van der Waals surface area contributed by atoms with Crippen LogP contribution in [0.1, 0.15) is 42.4 Å². The number of ether oxygens (including phenoxy) is 1. The monoisotopic (exact) mass is 494 g/mol. The zero-order valence-corrected chi connectivity index (χ0v) is 21.5. The summed E-state index contributed by atoms with van der Waals surface area (Å²) in [6.45, 7) is 3.15. The van der Waals surface area contributed by atoms with Crippen LogP contribution in [-0.2, 0) is 27.3 Å². The van der Waals surface area contributed by atoms with Gasteiger partial charge in [-0.25, -0.2) is 0 Å². The Labute approximate surface area is 213 Å². The molecule has 1 aliphatic rings. The largest absolute Gasteiger partial charge is 0.492 e. The summed E-state index contributed by atoms with van der Waals surface area (Å²) in [6, 6.07) is 14.5. The highest BCUT2D eigenvalue weighted by Gasteiger charge is 2.25. The van der Waals surface area contributed by atoms with Crippen LogP contribution in [0.25, 0.3) is 0 Å². The maximum absolute atomic E-state index is 13.2. The first kappa shape index (κ1) is 27.2. The van der Waals surface area contributed by atoms with Crippen molar-refractivity contribution in [1.29, 1.82) is 0 Å². The van der Waals surface area contributed by atoms with Crippen molar-refractivity contribution in [3.05, 3.63) is 65.2 Å². The second kappa shape index (κ2) is 13.6. The molecule has 36 heavy (non-hydrogen) atoms. The smallest absolute Gasteiger partial charge is 0.242 e. The predicted molar refractivity (Wildman–Crippen MR) is 140 cm³/mol. The van der Waals surface area contributed by atoms with Gasteiger partial charge in [0.15, 0.2) is 0 Å². The van der Waals surface area contributed by atoms with Crippen LogP contribution in [0.4, 0.5) is 0 Å². The highest BCUT2D eigenvalue weighted by molar-refractivity contribution is 5.89. The Morgan fingerprint density at radius 2 is 1.86 bits per heavy atom. The van der Waals surface area contributed by atoms with Crippen LogP contribution >= 0.6 is 0 Å². The van der Waals surface area contributed by atoms with Crippen molar-refractivity contribution in [3.63, 3.8) is 0 Å². The van der Waals surface area contributed by atoms with Crippen LogP contribution in [0, 0.1) is 6.92 Å². The van der Waals surface area contributed by atoms with E-state index in [2.05, 4.69) is 16.0 Å². The van der Waals surface area contributed by atoms with Gasteiger partial charge < -0.3 is 25.6 Å². The number of carbonyl (C=O) groups excluding carboxylic acids is 3. The maximum Gasteiger partial charge on any atom is 0.242 e. The molecule has 2 aromatic rings. The molecule has 1 heterocycles. The minimum absolute atomic E-state index is 0.0136. The molecule has 3 rings (SSSR count). The third-order valence-corrected chi connectivity index (χ3v) is 6.64. The van der Waals surface area contributed by atoms with Gasteiger partial charge in [-0.2, -0.15) is 0 Å². The minimum Gasteiger partial charge on any atom is -0.492 e. The summed E-state index contributed by atoms with van der Waals surface area (Å²) in [6.07, 6.45) is 2.53. The number of hydrogen-bond acceptors (Lipinski definition) is 5. The molecule has 2 aromatic carbocycles. The molecule has 2 atom stereocenters. The van der Waals surface area contributed by atoms with Crippen molar-refractivity contribution in [1.82, 2.24) is 20.9 Å². The van der Waals surface area contributed by atoms with E-state index in [1.807, 2.05) is 55.5 Å². The van der Waals surface area contributed by atoms with E-state index in [0.29, 0.717) is 57.6 Å². The van der Waals surface area contributed by atoms with Gasteiger partial charge in [-0.1, -0.05) is 36.4 Å². The molecule has 0 saturated carbocycles. The molecular formula is C28H38N4O4. The van der Waals surface area contributed by atoms with E-state index in [0.717, 1.165) is 16.7 Å². The molecule has 8 nitrogen and oxygen atoms in total. The van der Waals surface area contributed by atoms with E-state index in [1.54, 1.807) is 19.0 Å². The molecule has 0 radical (unpaired) electrons. The first-order valence-corrected chi connectivity index (χ1v) is 12.6. The number of rotatable bonds is 4. The van der Waals surface area contributed by atoms with Gasteiger partial charge in [-0.3, -0.25) is 14.4 Å². The Kier molecular flexibility index (Phi) is 10.3. The molecule has 1 aliphatic heterocycles. The first-order valence-electron chi connectivity index (χ1n) is 12.6. The summed E-state index contributed by atoms with van der Waals surface area (Å²) < 4.78 is 5.88. The van der Waals surface area contributed by atoms with Gasteiger partial charge in [0.1, 0.15) is 18.4 Å². The summed E-state index contributed by atoms with van der Waals surface area (Å²) >= 11 is 0. The molecule has 8 heteroatoms. The average Bonchev–Trinajstić information content (AvgIpc) is 2.88. The highest BCUT2D eigenvalue weighted by atomic mass is 16.5. The van der Waals surface area contributed by atoms with Crippen LogP contribution in [0.15, 0.2) is 48.5 Å². The lowest BCUT2D eigenvalue weighted by Gasteiger charge is -2.23. The van der Waals surface area contributed by atoms with Crippen molar-refractivity contribution < 1.29 is 19.1 Å². The molecular weight excluding hydrogens is 456 g/mol. The Hall–Kier alpha value is -3.39. The number of carbonyl (C=O) groups is 3. The molecule has 0 saturated heterocycles. The number of nitrogens with one attached hydrogen (secondary N) is 3. The van der Waals surface area contributed by atoms with Gasteiger partial charge in [0.05, 0.1) is 12.6 Å². The number of fused-ring (bicyclic) bond motifs is 2. The fourth-order valence-electron chi connectivity index (χ4n) is 4.21. The van der Waals surface area contributed by atoms with Crippen LogP contribution in [-0.4, -0.2) is 62.0 Å². The van der Waals surface area contributed by atoms with Crippen LogP contribution in [0.2, 0.25) is 0 Å². The standard InChI is InChI=1S/C28H38N4O4/c1-20-12-14-23-18-22(20)19-30-27(34)25(15-13-21-8-5-4-6-9-21)31-28(35)24(29-2)10-7-11-26(33)32(3)16-17-36-23/h4-6,8-9,12,14,18,24-25,29H,7,10-11,13,15-17,19H2,1-3H3,(H,30,34)(H,31,35)/t24?,25-/m0/s1. The second-order valence-corrected chi connectivity index (χ2v) is 9.29. The van der Waals surface area contributed by atoms with Crippen molar-refractivity contribution in [2.45, 2.75) is 57.7 Å². The SMILES string of the molecule is CNC1CCCC(=O)N(C)CCOc2ccc(C)c(c2)CNC(=O)[C@H](CCc2ccccc2)NC1=O. The van der Waals surface area contributed by atoms with Crippen LogP contribution < -0.4 is 20.7 Å². The van der Waals surface area contributed by atoms with E-state index in [4.69, 9.17) is 4.74 Å². The van der Waals surface area contributed by atoms with E-state index in [-0.39, 0.29) is 17.7 Å². The molecule has 194 valence electrons. The fraction of sp³-hybridized carbons (Fsp3) is 0.464. The average molecular weight is 495 g/mol. The highest BCUT2D eigenvalue weighted by Crippen LogP contribution is 2.18. The molecule has 0 fully saturated rings. The molecule has 3 N–H and O–H groups in total. The Morgan fingerprint density at radius 3 is 2.61 bits per heavy atom. The predicted octanol–water partition coefficient (Wildman–Crippen LogP) is 2.34. The molecule has 2 bridgehead atoms. The topological polar surface area (TPSA) is 99.8 Å². The van der Waals surface area contributed by atoms with Crippen LogP contribution in [0.3, 0.4) is 0 Å². The van der Waals surface area contributed by atoms with Crippen molar-refractivity contribution in [2.24, 2.45) is 0 Å². The van der Waals surface area contributed by atoms with E-state index < -0.39 is 12.1 Å². The van der Waals surface area contributed by atoms with E-state index in [9.17, 15) is 14.4 Å². The maximum atomic E-state index is 13.2. The zero-order valence-electron chi connectivity index (χ0n) is 21.5. The van der Waals surface area contributed by atoms with Crippen molar-refractivity contribution in [3.8, 4) is 5.75 Å². The summed E-state index contributed by atoms with van der Waals surface area (Å²) in [7, 11) is 3.48. The second-order valence-electron chi connectivity index (χ2n) is 9.29. The lowest BCUT2D eigenvalue weighted by Crippen LogP contribution is -2.52. The van der Waals surface area contributed by atoms with E-state index >= 15 is 0 Å². The first-order chi connectivity index (χ1) is 17.4. The summed E-state index contributed by atoms with van der Waals surface area (Å²) in [5.41, 5.74) is 3.07. The number of likely N-dealkylation sites (N-methyl/N-ethyl adjacent to an activating group) is 2. The quantitative estimate of drug-likeness (QED) is 0.606. The van der Waals surface area contributed by atoms with Gasteiger partial charge in [0.2, 0.25) is 17.7 Å². The third-order valence-electron chi connectivity index (χ3n) is 6.64. The summed E-state index contributed by atoms with van der Waals surface area (Å²) in [4.78, 5) is 40.5. The number of benzene rings is 2. The van der Waals surface area contributed by atoms with Crippen molar-refractivity contribution in [2.75, 3.05) is 27.2 Å². The van der Waals surface area contributed by atoms with Gasteiger partial charge >= 0.3 is 0 Å². The van der Waals surface area contributed by atoms with Crippen molar-refractivity contribution >= 4 is 17.7 Å². The lowest BCUT2D eigenvalue weighted by atomic mass is 10.0. The number of hydrogen-bond donors (Lipinski definition) is 3. The number of aryl methyl sites for hydroxylation is 2. The molecule has 3 amide bonds. The molecule has 0 aromatic heterocycles. The number of amides is 3. The van der Waals surface area contributed by atoms with E-state index in [1.165, 1.54) is 0 Å². The third kappa shape index (κ3) is 8.09. The fourth-order valence-corrected chi connectivity index (χ4v) is 4.21. The number of nitrogens with zero attached hydrogens (tertiary/aromatic N) is 1. The molecule has 1 unspecified atom stereocenters. The zero-order chi connectivity index (χ0) is 25.9. The summed E-state index contributed by atoms with van der Waals surface area (Å²) in [5.74, 6) is 0.245.